The van der Waals surface area contributed by atoms with Crippen LogP contribution in [0.4, 0.5) is 11.6 Å². The third-order valence-corrected chi connectivity index (χ3v) is 3.06. The molecule has 2 heterocycles. The quantitative estimate of drug-likeness (QED) is 0.760. The summed E-state index contributed by atoms with van der Waals surface area (Å²) in [6.07, 6.45) is 3.84. The molecule has 18 heavy (non-hydrogen) atoms. The van der Waals surface area contributed by atoms with Gasteiger partial charge in [0.2, 0.25) is 0 Å². The maximum absolute atomic E-state index is 5.94. The summed E-state index contributed by atoms with van der Waals surface area (Å²) in [7, 11) is 0. The molecule has 100 valence electrons. The monoisotopic (exact) mass is 272 g/mol. The van der Waals surface area contributed by atoms with Gasteiger partial charge in [-0.25, -0.2) is 9.97 Å². The van der Waals surface area contributed by atoms with E-state index < -0.39 is 0 Å². The largest absolute Gasteiger partial charge is 0.382 e. The number of ether oxygens (including phenoxy) is 2. The van der Waals surface area contributed by atoms with Crippen molar-refractivity contribution < 1.29 is 9.47 Å². The minimum atomic E-state index is 0.253. The molecule has 0 radical (unpaired) electrons. The highest BCUT2D eigenvalue weighted by molar-refractivity contribution is 6.35. The van der Waals surface area contributed by atoms with E-state index in [0.717, 1.165) is 19.4 Å². The highest BCUT2D eigenvalue weighted by Crippen LogP contribution is 2.22. The van der Waals surface area contributed by atoms with Gasteiger partial charge in [-0.2, -0.15) is 0 Å². The average molecular weight is 273 g/mol. The summed E-state index contributed by atoms with van der Waals surface area (Å²) in [4.78, 5) is 7.78. The molecule has 7 heteroatoms. The summed E-state index contributed by atoms with van der Waals surface area (Å²) in [5.41, 5.74) is 5.56. The van der Waals surface area contributed by atoms with Crippen molar-refractivity contribution in [1.82, 2.24) is 9.97 Å². The molecule has 6 nitrogen and oxygen atoms in total. The second-order valence-corrected chi connectivity index (χ2v) is 4.44. The van der Waals surface area contributed by atoms with Crippen molar-refractivity contribution in [3.8, 4) is 0 Å². The molecule has 0 aromatic carbocycles. The minimum absolute atomic E-state index is 0.253. The van der Waals surface area contributed by atoms with E-state index in [1.807, 2.05) is 0 Å². The van der Waals surface area contributed by atoms with Gasteiger partial charge in [-0.3, -0.25) is 0 Å². The molecular formula is C11H17ClN4O2. The highest BCUT2D eigenvalue weighted by atomic mass is 35.5. The zero-order valence-corrected chi connectivity index (χ0v) is 10.8. The van der Waals surface area contributed by atoms with Gasteiger partial charge in [-0.15, -0.1) is 0 Å². The molecule has 0 bridgehead atoms. The van der Waals surface area contributed by atoms with Crippen LogP contribution in [0.15, 0.2) is 6.33 Å². The molecule has 1 aliphatic heterocycles. The van der Waals surface area contributed by atoms with Crippen molar-refractivity contribution in [1.29, 1.82) is 0 Å². The zero-order valence-electron chi connectivity index (χ0n) is 10.1. The molecule has 3 N–H and O–H groups in total. The number of anilines is 2. The van der Waals surface area contributed by atoms with Crippen LogP contribution in [0.3, 0.4) is 0 Å². The predicted molar refractivity (Wildman–Crippen MR) is 69.7 cm³/mol. The molecule has 0 amide bonds. The molecule has 1 aromatic rings. The van der Waals surface area contributed by atoms with Gasteiger partial charge in [-0.05, 0) is 12.8 Å². The molecule has 1 fully saturated rings. The Kier molecular flexibility index (Phi) is 4.98. The Balaban J connectivity index is 1.64. The van der Waals surface area contributed by atoms with Crippen molar-refractivity contribution in [3.63, 3.8) is 0 Å². The molecule has 1 saturated heterocycles. The van der Waals surface area contributed by atoms with Crippen LogP contribution in [-0.4, -0.2) is 42.4 Å². The number of hydrogen-bond acceptors (Lipinski definition) is 6. The van der Waals surface area contributed by atoms with E-state index in [1.165, 1.54) is 6.33 Å². The summed E-state index contributed by atoms with van der Waals surface area (Å²) in [5.74, 6) is 0.805. The molecule has 0 aliphatic carbocycles. The van der Waals surface area contributed by atoms with Crippen LogP contribution in [0.2, 0.25) is 5.02 Å². The van der Waals surface area contributed by atoms with Crippen molar-refractivity contribution >= 4 is 23.2 Å². The molecule has 1 atom stereocenters. The number of hydrogen-bond donors (Lipinski definition) is 2. The average Bonchev–Trinajstić information content (AvgIpc) is 2.87. The fourth-order valence-electron chi connectivity index (χ4n) is 1.74. The van der Waals surface area contributed by atoms with Crippen molar-refractivity contribution in [3.05, 3.63) is 11.3 Å². The lowest BCUT2D eigenvalue weighted by atomic mass is 10.2. The van der Waals surface area contributed by atoms with Gasteiger partial charge < -0.3 is 20.5 Å². The van der Waals surface area contributed by atoms with E-state index in [1.54, 1.807) is 0 Å². The van der Waals surface area contributed by atoms with Gasteiger partial charge in [0.15, 0.2) is 5.82 Å². The van der Waals surface area contributed by atoms with Crippen LogP contribution in [-0.2, 0) is 9.47 Å². The molecule has 1 aromatic heterocycles. The van der Waals surface area contributed by atoms with Gasteiger partial charge in [-0.1, -0.05) is 11.6 Å². The van der Waals surface area contributed by atoms with E-state index in [4.69, 9.17) is 26.8 Å². The number of nitrogens with zero attached hydrogens (tertiary/aromatic N) is 2. The normalized spacial score (nSPS) is 19.1. The number of rotatable bonds is 6. The minimum Gasteiger partial charge on any atom is -0.382 e. The maximum atomic E-state index is 5.94. The topological polar surface area (TPSA) is 82.3 Å². The Morgan fingerprint density at radius 2 is 2.44 bits per heavy atom. The molecule has 1 aliphatic rings. The van der Waals surface area contributed by atoms with Gasteiger partial charge in [0, 0.05) is 13.2 Å². The first kappa shape index (κ1) is 13.3. The number of nitrogens with one attached hydrogen (secondary N) is 1. The van der Waals surface area contributed by atoms with E-state index in [9.17, 15) is 0 Å². The first-order valence-electron chi connectivity index (χ1n) is 5.96. The molecule has 0 saturated carbocycles. The lowest BCUT2D eigenvalue weighted by Gasteiger charge is -2.11. The number of aromatic nitrogens is 2. The Labute approximate surface area is 111 Å². The summed E-state index contributed by atoms with van der Waals surface area (Å²) in [6, 6.07) is 0. The van der Waals surface area contributed by atoms with Crippen LogP contribution < -0.4 is 11.1 Å². The van der Waals surface area contributed by atoms with Crippen LogP contribution in [0.5, 0.6) is 0 Å². The Morgan fingerprint density at radius 3 is 3.22 bits per heavy atom. The summed E-state index contributed by atoms with van der Waals surface area (Å²) in [6.45, 7) is 2.67. The predicted octanol–water partition coefficient (Wildman–Crippen LogP) is 1.32. The highest BCUT2D eigenvalue weighted by Gasteiger charge is 2.15. The molecule has 0 unspecified atom stereocenters. The fraction of sp³-hybridized carbons (Fsp3) is 0.636. The molecule has 0 spiro atoms. The summed E-state index contributed by atoms with van der Waals surface area (Å²) < 4.78 is 11.0. The van der Waals surface area contributed by atoms with Crippen molar-refractivity contribution in [2.75, 3.05) is 37.4 Å². The molecule has 2 rings (SSSR count). The second-order valence-electron chi connectivity index (χ2n) is 4.06. The number of nitrogens with two attached hydrogens (primary N) is 1. The Bertz CT molecular complexity index is 385. The third-order valence-electron chi connectivity index (χ3n) is 2.68. The first-order valence-corrected chi connectivity index (χ1v) is 6.34. The van der Waals surface area contributed by atoms with E-state index >= 15 is 0 Å². The van der Waals surface area contributed by atoms with Crippen LogP contribution in [0.25, 0.3) is 0 Å². The van der Waals surface area contributed by atoms with E-state index in [-0.39, 0.29) is 11.9 Å². The van der Waals surface area contributed by atoms with Crippen molar-refractivity contribution in [2.24, 2.45) is 0 Å². The fourth-order valence-corrected chi connectivity index (χ4v) is 1.90. The van der Waals surface area contributed by atoms with Gasteiger partial charge in [0.25, 0.3) is 0 Å². The van der Waals surface area contributed by atoms with Crippen LogP contribution >= 0.6 is 11.6 Å². The smallest absolute Gasteiger partial charge is 0.150 e. The van der Waals surface area contributed by atoms with E-state index in [0.29, 0.717) is 30.6 Å². The Hall–Kier alpha value is -1.11. The lowest BCUT2D eigenvalue weighted by Crippen LogP contribution is -2.18. The van der Waals surface area contributed by atoms with Crippen molar-refractivity contribution in [2.45, 2.75) is 18.9 Å². The SMILES string of the molecule is Nc1ncnc(NCCOC[C@H]2CCCO2)c1Cl. The van der Waals surface area contributed by atoms with E-state index in [2.05, 4.69) is 15.3 Å². The number of nitrogen functional groups attached to an aromatic ring is 1. The first-order chi connectivity index (χ1) is 8.77. The third kappa shape index (κ3) is 3.69. The lowest BCUT2D eigenvalue weighted by molar-refractivity contribution is 0.0206. The zero-order chi connectivity index (χ0) is 12.8. The molecular weight excluding hydrogens is 256 g/mol. The van der Waals surface area contributed by atoms with Gasteiger partial charge >= 0.3 is 0 Å². The Morgan fingerprint density at radius 1 is 1.56 bits per heavy atom. The van der Waals surface area contributed by atoms with Gasteiger partial charge in [0.05, 0.1) is 19.3 Å². The van der Waals surface area contributed by atoms with Crippen LogP contribution in [0.1, 0.15) is 12.8 Å². The summed E-state index contributed by atoms with van der Waals surface area (Å²) >= 11 is 5.94. The van der Waals surface area contributed by atoms with Gasteiger partial charge in [0.1, 0.15) is 17.2 Å². The summed E-state index contributed by atoms with van der Waals surface area (Å²) in [5, 5.41) is 3.39. The maximum Gasteiger partial charge on any atom is 0.150 e. The second kappa shape index (κ2) is 6.72. The standard InChI is InChI=1S/C11H17ClN4O2/c12-9-10(13)15-7-16-11(9)14-3-5-17-6-8-2-1-4-18-8/h7-8H,1-6H2,(H3,13,14,15,16)/t8-/m1/s1. The van der Waals surface area contributed by atoms with Crippen LogP contribution in [0, 0.1) is 0 Å². The number of halogens is 1.